The number of carboxylic acids is 1. The van der Waals surface area contributed by atoms with Crippen molar-refractivity contribution in [2.75, 3.05) is 31.5 Å². The van der Waals surface area contributed by atoms with Crippen LogP contribution < -0.4 is 28.3 Å². The number of nitrogens with zero attached hydrogens (tertiary/aromatic N) is 8. The number of hydrogen-bond donors (Lipinski definition) is 10. The van der Waals surface area contributed by atoms with Gasteiger partial charge in [0.15, 0.2) is 0 Å². The van der Waals surface area contributed by atoms with Gasteiger partial charge in [-0.25, -0.2) is 9.18 Å². The van der Waals surface area contributed by atoms with E-state index in [0.29, 0.717) is 104 Å². The van der Waals surface area contributed by atoms with Gasteiger partial charge in [-0.3, -0.25) is 44.4 Å². The Balaban J connectivity index is 0.000000129. The number of nitrogens with one attached hydrogen (secondary N) is 5. The number of rotatable bonds is 23. The number of aromatic carboxylic acids is 1. The highest BCUT2D eigenvalue weighted by molar-refractivity contribution is 7.10. The molecule has 17 rings (SSSR count). The Kier molecular flexibility index (Phi) is 25.8. The van der Waals surface area contributed by atoms with Gasteiger partial charge in [-0.2, -0.15) is 20.4 Å². The maximum absolute atomic E-state index is 13.4. The third-order valence-electron chi connectivity index (χ3n) is 21.6. The maximum Gasteiger partial charge on any atom is 0.335 e. The Bertz CT molecular complexity index is 5550. The smallest absolute Gasteiger partial charge is 0.335 e. The second-order valence-corrected chi connectivity index (χ2v) is 30.2. The summed E-state index contributed by atoms with van der Waals surface area (Å²) in [6, 6.07) is 72.6. The molecule has 0 fully saturated rings. The second-order valence-electron chi connectivity index (χ2n) is 29.3. The van der Waals surface area contributed by atoms with Gasteiger partial charge in [-0.15, -0.1) is 11.3 Å². The number of fused-ring (bicyclic) bond motifs is 4. The number of thiophene rings is 1. The van der Waals surface area contributed by atoms with Crippen LogP contribution in [0.2, 0.25) is 0 Å². The van der Waals surface area contributed by atoms with Gasteiger partial charge < -0.3 is 53.0 Å². The van der Waals surface area contributed by atoms with E-state index in [9.17, 15) is 33.2 Å². The minimum atomic E-state index is -0.963. The molecule has 5 amide bonds. The van der Waals surface area contributed by atoms with Crippen LogP contribution in [-0.2, 0) is 76.3 Å². The molecule has 26 heteroatoms. The molecule has 0 radical (unpaired) electrons. The Hall–Kier alpha value is -13.1. The number of H-pyrrole nitrogens is 4. The number of hydrogen-bond acceptors (Lipinski definition) is 15. The largest absolute Gasteiger partial charge is 0.478 e. The third kappa shape index (κ3) is 18.5. The molecular weight excluding hydrogens is 1490 g/mol. The fourth-order valence-electron chi connectivity index (χ4n) is 15.7. The van der Waals surface area contributed by atoms with Crippen molar-refractivity contribution < 1.29 is 38.3 Å². The first-order valence-corrected chi connectivity index (χ1v) is 40.0. The van der Waals surface area contributed by atoms with E-state index in [-0.39, 0.29) is 64.6 Å². The van der Waals surface area contributed by atoms with Crippen molar-refractivity contribution >= 4 is 52.5 Å². The van der Waals surface area contributed by atoms with Crippen molar-refractivity contribution in [3.05, 3.63) is 314 Å². The van der Waals surface area contributed by atoms with E-state index in [1.165, 1.54) is 30.2 Å². The highest BCUT2D eigenvalue weighted by Gasteiger charge is 2.38. The van der Waals surface area contributed by atoms with Crippen LogP contribution in [0, 0.1) is 5.82 Å². The van der Waals surface area contributed by atoms with Crippen LogP contribution in [0.4, 0.5) is 10.1 Å². The number of anilines is 1. The van der Waals surface area contributed by atoms with Crippen molar-refractivity contribution in [3.63, 3.8) is 0 Å². The molecule has 13 aromatic rings. The highest BCUT2D eigenvalue weighted by Crippen LogP contribution is 2.40. The van der Waals surface area contributed by atoms with E-state index in [4.69, 9.17) is 28.0 Å². The molecule has 24 nitrogen and oxygen atoms in total. The number of aromatic nitrogens is 8. The summed E-state index contributed by atoms with van der Waals surface area (Å²) in [4.78, 5) is 83.7. The minimum absolute atomic E-state index is 0.0707. The van der Waals surface area contributed by atoms with Gasteiger partial charge in [0.2, 0.25) is 29.5 Å². The van der Waals surface area contributed by atoms with E-state index in [0.717, 1.165) is 117 Å². The molecule has 4 unspecified atom stereocenters. The van der Waals surface area contributed by atoms with E-state index >= 15 is 0 Å². The average Bonchev–Trinajstić information content (AvgIpc) is 1.65. The number of carboxylic acid groups (broad SMARTS) is 1. The Morgan fingerprint density at radius 1 is 0.385 bits per heavy atom. The van der Waals surface area contributed by atoms with Crippen LogP contribution in [0.3, 0.4) is 0 Å². The van der Waals surface area contributed by atoms with E-state index in [1.54, 1.807) is 47.7 Å². The van der Waals surface area contributed by atoms with Gasteiger partial charge in [0.05, 0.1) is 127 Å². The van der Waals surface area contributed by atoms with E-state index in [1.807, 2.05) is 171 Å². The molecule has 0 aliphatic carbocycles. The van der Waals surface area contributed by atoms with Crippen LogP contribution in [0.1, 0.15) is 133 Å². The number of aromatic amines is 4. The standard InChI is InChI=1S/C27H26N4O.C23H25N5O2.C21H21FN4O.C20H20N4O3S/c28-16-15-23(21-9-5-2-6-10-21)27(32)31-17-24-25(18-31)29-30-26(24)22-13-11-20(12-14-22)19-7-3-1-4-8-19;1-15(29)25-18-9-7-17(8-10-18)22-20-13-28(14-21(20)26-27-22)23(30)19(11-12-24)16-5-3-2-4-6-16;22-16-8-6-15(7-9-16)20-18-12-26(13-19(18)24-25-20)21(27)17(10-11-23)14-4-2-1-3-5-14;21-8-7-14(17-2-1-9-28-17)19(25)24-10-15-16(11-24)22-23-18(15)12-3-5-13(6-4-12)20(26)27/h1-14,23H,15-18,28H2,(H,29,30);2-10,19H,11-14,24H2,1H3,(H,25,29)(H,26,27);1-9,17H,10-13,23H2,(H,24,25);1-6,9,14H,7-8,10-11,21H2,(H,22,23)(H,26,27). The third-order valence-corrected chi connectivity index (χ3v) is 22.6. The summed E-state index contributed by atoms with van der Waals surface area (Å²) in [6.45, 7) is 7.42. The molecule has 0 saturated carbocycles. The molecule has 596 valence electrons. The summed E-state index contributed by atoms with van der Waals surface area (Å²) < 4.78 is 13.2. The summed E-state index contributed by atoms with van der Waals surface area (Å²) in [5.41, 5.74) is 44.4. The fourth-order valence-corrected chi connectivity index (χ4v) is 16.5. The van der Waals surface area contributed by atoms with Gasteiger partial charge in [0.1, 0.15) is 5.82 Å². The molecule has 0 saturated heterocycles. The zero-order chi connectivity index (χ0) is 81.5. The molecule has 14 N–H and O–H groups in total. The van der Waals surface area contributed by atoms with E-state index in [2.05, 4.69) is 82.5 Å². The van der Waals surface area contributed by atoms with Gasteiger partial charge in [0, 0.05) is 62.0 Å². The molecule has 117 heavy (non-hydrogen) atoms. The Labute approximate surface area is 680 Å². The number of amides is 5. The molecule has 9 heterocycles. The van der Waals surface area contributed by atoms with Gasteiger partial charge in [-0.1, -0.05) is 176 Å². The van der Waals surface area contributed by atoms with Crippen molar-refractivity contribution in [1.82, 2.24) is 60.4 Å². The first-order valence-electron chi connectivity index (χ1n) is 39.1. The van der Waals surface area contributed by atoms with Gasteiger partial charge >= 0.3 is 5.97 Å². The molecule has 4 aliphatic heterocycles. The minimum Gasteiger partial charge on any atom is -0.478 e. The van der Waals surface area contributed by atoms with Crippen LogP contribution in [0.15, 0.2) is 236 Å². The van der Waals surface area contributed by atoms with Crippen molar-refractivity contribution in [2.24, 2.45) is 22.9 Å². The number of nitrogens with two attached hydrogens (primary N) is 4. The lowest BCUT2D eigenvalue weighted by Crippen LogP contribution is -2.32. The average molecular weight is 1590 g/mol. The molecule has 5 aromatic heterocycles. The fraction of sp³-hybridized carbons (Fsp3) is 0.231. The normalized spacial score (nSPS) is 13.9. The quantitative estimate of drug-likeness (QED) is 0.0284. The summed E-state index contributed by atoms with van der Waals surface area (Å²) in [5, 5.41) is 43.9. The van der Waals surface area contributed by atoms with Crippen molar-refractivity contribution in [1.29, 1.82) is 0 Å². The zero-order valence-electron chi connectivity index (χ0n) is 64.7. The topological polar surface area (TPSA) is 366 Å². The second kappa shape index (κ2) is 37.4. The lowest BCUT2D eigenvalue weighted by atomic mass is 9.94. The molecule has 4 aliphatic rings. The Morgan fingerprint density at radius 3 is 1.01 bits per heavy atom. The van der Waals surface area contributed by atoms with Crippen molar-refractivity contribution in [2.45, 2.75) is 109 Å². The molecule has 8 aromatic carbocycles. The molecular formula is C91H92FN17O7S. The lowest BCUT2D eigenvalue weighted by Gasteiger charge is -2.23. The zero-order valence-corrected chi connectivity index (χ0v) is 65.5. The molecule has 4 atom stereocenters. The van der Waals surface area contributed by atoms with Crippen LogP contribution in [0.5, 0.6) is 0 Å². The van der Waals surface area contributed by atoms with Gasteiger partial charge in [-0.05, 0) is 140 Å². The molecule has 0 spiro atoms. The maximum atomic E-state index is 13.4. The predicted octanol–water partition coefficient (Wildman–Crippen LogP) is 13.7. The molecule has 0 bridgehead atoms. The first-order chi connectivity index (χ1) is 57.1. The van der Waals surface area contributed by atoms with Crippen LogP contribution in [0.25, 0.3) is 56.2 Å². The Morgan fingerprint density at radius 2 is 0.684 bits per heavy atom. The van der Waals surface area contributed by atoms with Crippen LogP contribution in [-0.4, -0.2) is 127 Å². The predicted molar refractivity (Wildman–Crippen MR) is 449 cm³/mol. The SMILES string of the molecule is CC(=O)Nc1ccc(-c2n[nH]c3c2CN(C(=O)C(CCN)c2ccccc2)C3)cc1.NCCC(C(=O)N1Cc2[nH]nc(-c3ccc(-c4ccccc4)cc3)c2C1)c1ccccc1.NCCC(C(=O)N1Cc2[nH]nc(-c3ccc(C(=O)O)cc3)c2C1)c1cccs1.NCCC(C(=O)N1Cc2[nH]nc(-c3ccc(F)cc3)c2C1)c1ccccc1. The summed E-state index contributed by atoms with van der Waals surface area (Å²) in [5.74, 6) is -1.93. The summed E-state index contributed by atoms with van der Waals surface area (Å²) in [7, 11) is 0. The lowest BCUT2D eigenvalue weighted by molar-refractivity contribution is -0.134. The van der Waals surface area contributed by atoms with E-state index < -0.39 is 5.97 Å². The summed E-state index contributed by atoms with van der Waals surface area (Å²) in [6.07, 6.45) is 2.48. The highest BCUT2D eigenvalue weighted by atomic mass is 32.1. The number of halogens is 1. The monoisotopic (exact) mass is 1590 g/mol. The number of benzene rings is 8. The van der Waals surface area contributed by atoms with Crippen molar-refractivity contribution in [3.8, 4) is 56.2 Å². The van der Waals surface area contributed by atoms with Crippen LogP contribution >= 0.6 is 11.3 Å². The summed E-state index contributed by atoms with van der Waals surface area (Å²) >= 11 is 1.58. The first kappa shape index (κ1) is 80.5. The van der Waals surface area contributed by atoms with Gasteiger partial charge in [0.25, 0.3) is 0 Å². The number of carbonyl (C=O) groups is 6. The number of carbonyl (C=O) groups excluding carboxylic acids is 5.